The van der Waals surface area contributed by atoms with Gasteiger partial charge in [-0.05, 0) is 72.6 Å². The van der Waals surface area contributed by atoms with Gasteiger partial charge in [0.15, 0.2) is 0 Å². The number of alkyl halides is 3. The Morgan fingerprint density at radius 3 is 2.39 bits per heavy atom. The minimum atomic E-state index is -4.41. The van der Waals surface area contributed by atoms with Gasteiger partial charge in [0, 0.05) is 28.8 Å². The van der Waals surface area contributed by atoms with E-state index < -0.39 is 17.9 Å². The fourth-order valence-electron chi connectivity index (χ4n) is 3.82. The van der Waals surface area contributed by atoms with E-state index in [1.165, 1.54) is 18.2 Å². The molecule has 2 N–H and O–H groups in total. The fraction of sp³-hybridized carbons (Fsp3) is 0.240. The molecular weight excluding hydrogens is 453 g/mol. The SMILES string of the molecule is CCOc1ccc(C2=N[C@H](c3ccc(C(F)(F)F)cc3)N[C@H](c3cc(Cl)ccc3O)C2)cc1. The summed E-state index contributed by atoms with van der Waals surface area (Å²) in [6.45, 7) is 2.46. The number of halogens is 4. The van der Waals surface area contributed by atoms with Crippen molar-refractivity contribution < 1.29 is 23.0 Å². The van der Waals surface area contributed by atoms with Crippen LogP contribution < -0.4 is 10.1 Å². The molecule has 1 aliphatic rings. The molecule has 4 rings (SSSR count). The standard InChI is InChI=1S/C25H22ClF3N2O2/c1-2-33-19-10-5-15(6-11-19)21-14-22(20-13-18(26)9-12-23(20)32)31-24(30-21)16-3-7-17(8-4-16)25(27,28)29/h3-13,22,24,31-32H,2,14H2,1H3/t22-,24-/m0/s1. The number of phenols is 1. The summed E-state index contributed by atoms with van der Waals surface area (Å²) in [5.74, 6) is 0.815. The van der Waals surface area contributed by atoms with Crippen LogP contribution in [0.1, 0.15) is 47.8 Å². The monoisotopic (exact) mass is 474 g/mol. The molecule has 172 valence electrons. The number of aliphatic imine (C=N–C) groups is 1. The quantitative estimate of drug-likeness (QED) is 0.433. The minimum absolute atomic E-state index is 0.0796. The lowest BCUT2D eigenvalue weighted by Gasteiger charge is -2.31. The van der Waals surface area contributed by atoms with E-state index in [4.69, 9.17) is 21.3 Å². The molecule has 0 radical (unpaired) electrons. The fourth-order valence-corrected chi connectivity index (χ4v) is 4.00. The molecule has 0 fully saturated rings. The average molecular weight is 475 g/mol. The maximum Gasteiger partial charge on any atom is 0.416 e. The summed E-state index contributed by atoms with van der Waals surface area (Å²) in [6.07, 6.45) is -4.56. The molecular formula is C25H22ClF3N2O2. The third-order valence-corrected chi connectivity index (χ3v) is 5.69. The number of ether oxygens (including phenoxy) is 1. The second kappa shape index (κ2) is 9.45. The molecule has 0 saturated heterocycles. The molecule has 2 atom stereocenters. The van der Waals surface area contributed by atoms with E-state index in [9.17, 15) is 18.3 Å². The predicted molar refractivity (Wildman–Crippen MR) is 122 cm³/mol. The van der Waals surface area contributed by atoms with E-state index in [1.54, 1.807) is 12.1 Å². The summed E-state index contributed by atoms with van der Waals surface area (Å²) in [7, 11) is 0. The summed E-state index contributed by atoms with van der Waals surface area (Å²) in [5.41, 5.74) is 2.08. The molecule has 0 amide bonds. The average Bonchev–Trinajstić information content (AvgIpc) is 2.80. The van der Waals surface area contributed by atoms with Gasteiger partial charge in [-0.3, -0.25) is 10.3 Å². The van der Waals surface area contributed by atoms with Crippen LogP contribution in [0.5, 0.6) is 11.5 Å². The second-order valence-electron chi connectivity index (χ2n) is 7.68. The third kappa shape index (κ3) is 5.31. The number of benzene rings is 3. The van der Waals surface area contributed by atoms with E-state index in [2.05, 4.69) is 5.32 Å². The number of nitrogens with zero attached hydrogens (tertiary/aromatic N) is 1. The lowest BCUT2D eigenvalue weighted by molar-refractivity contribution is -0.137. The summed E-state index contributed by atoms with van der Waals surface area (Å²) >= 11 is 6.16. The molecule has 8 heteroatoms. The summed E-state index contributed by atoms with van der Waals surface area (Å²) in [5, 5.41) is 14.2. The van der Waals surface area contributed by atoms with Gasteiger partial charge in [0.2, 0.25) is 0 Å². The first-order valence-electron chi connectivity index (χ1n) is 10.5. The first-order chi connectivity index (χ1) is 15.7. The number of aromatic hydroxyl groups is 1. The van der Waals surface area contributed by atoms with Gasteiger partial charge >= 0.3 is 6.18 Å². The number of hydrogen-bond acceptors (Lipinski definition) is 4. The van der Waals surface area contributed by atoms with Crippen molar-refractivity contribution >= 4 is 17.3 Å². The van der Waals surface area contributed by atoms with Gasteiger partial charge in [-0.15, -0.1) is 0 Å². The smallest absolute Gasteiger partial charge is 0.416 e. The van der Waals surface area contributed by atoms with E-state index in [1.807, 2.05) is 31.2 Å². The molecule has 0 unspecified atom stereocenters. The number of rotatable bonds is 5. The van der Waals surface area contributed by atoms with Crippen molar-refractivity contribution in [3.63, 3.8) is 0 Å². The molecule has 33 heavy (non-hydrogen) atoms. The summed E-state index contributed by atoms with van der Waals surface area (Å²) in [6, 6.07) is 16.9. The van der Waals surface area contributed by atoms with Gasteiger partial charge in [-0.25, -0.2) is 0 Å². The van der Waals surface area contributed by atoms with Crippen LogP contribution >= 0.6 is 11.6 Å². The van der Waals surface area contributed by atoms with Crippen LogP contribution in [0, 0.1) is 0 Å². The highest BCUT2D eigenvalue weighted by Gasteiger charge is 2.31. The number of phenolic OH excluding ortho intramolecular Hbond substituents is 1. The zero-order chi connectivity index (χ0) is 23.6. The topological polar surface area (TPSA) is 53.8 Å². The van der Waals surface area contributed by atoms with Gasteiger partial charge in [-0.2, -0.15) is 13.2 Å². The maximum absolute atomic E-state index is 13.0. The summed E-state index contributed by atoms with van der Waals surface area (Å²) in [4.78, 5) is 4.79. The Kier molecular flexibility index (Phi) is 6.63. The predicted octanol–water partition coefficient (Wildman–Crippen LogP) is 6.69. The van der Waals surface area contributed by atoms with Gasteiger partial charge in [0.05, 0.1) is 12.2 Å². The molecule has 3 aromatic rings. The molecule has 1 aliphatic heterocycles. The highest BCUT2D eigenvalue weighted by Crippen LogP contribution is 2.37. The molecule has 1 heterocycles. The third-order valence-electron chi connectivity index (χ3n) is 5.46. The van der Waals surface area contributed by atoms with E-state index >= 15 is 0 Å². The maximum atomic E-state index is 13.0. The molecule has 3 aromatic carbocycles. The van der Waals surface area contributed by atoms with E-state index in [-0.39, 0.29) is 11.8 Å². The van der Waals surface area contributed by atoms with Crippen LogP contribution in [0.2, 0.25) is 5.02 Å². The number of nitrogens with one attached hydrogen (secondary N) is 1. The normalized spacial score (nSPS) is 18.6. The van der Waals surface area contributed by atoms with Crippen LogP contribution in [0.3, 0.4) is 0 Å². The van der Waals surface area contributed by atoms with Crippen molar-refractivity contribution in [2.75, 3.05) is 6.61 Å². The van der Waals surface area contributed by atoms with Gasteiger partial charge in [0.25, 0.3) is 0 Å². The molecule has 0 aliphatic carbocycles. The first-order valence-corrected chi connectivity index (χ1v) is 10.8. The van der Waals surface area contributed by atoms with Gasteiger partial charge in [0.1, 0.15) is 17.7 Å². The molecule has 0 spiro atoms. The van der Waals surface area contributed by atoms with Crippen molar-refractivity contribution in [3.05, 3.63) is 94.0 Å². The Labute approximate surface area is 194 Å². The van der Waals surface area contributed by atoms with Gasteiger partial charge in [-0.1, -0.05) is 23.7 Å². The highest BCUT2D eigenvalue weighted by atomic mass is 35.5. The highest BCUT2D eigenvalue weighted by molar-refractivity contribution is 6.30. The van der Waals surface area contributed by atoms with Crippen LogP contribution in [0.15, 0.2) is 71.7 Å². The summed E-state index contributed by atoms with van der Waals surface area (Å²) < 4.78 is 44.5. The van der Waals surface area contributed by atoms with Crippen molar-refractivity contribution in [2.24, 2.45) is 4.99 Å². The lowest BCUT2D eigenvalue weighted by Crippen LogP contribution is -2.33. The van der Waals surface area contributed by atoms with Crippen molar-refractivity contribution in [1.29, 1.82) is 0 Å². The molecule has 4 nitrogen and oxygen atoms in total. The lowest BCUT2D eigenvalue weighted by atomic mass is 9.93. The van der Waals surface area contributed by atoms with Crippen molar-refractivity contribution in [3.8, 4) is 11.5 Å². The van der Waals surface area contributed by atoms with Gasteiger partial charge < -0.3 is 9.84 Å². The number of hydrogen-bond donors (Lipinski definition) is 2. The Balaban J connectivity index is 1.72. The van der Waals surface area contributed by atoms with Crippen LogP contribution in [-0.2, 0) is 6.18 Å². The van der Waals surface area contributed by atoms with Crippen molar-refractivity contribution in [2.45, 2.75) is 31.7 Å². The zero-order valence-corrected chi connectivity index (χ0v) is 18.5. The Bertz CT molecular complexity index is 1150. The zero-order valence-electron chi connectivity index (χ0n) is 17.7. The Morgan fingerprint density at radius 1 is 1.06 bits per heavy atom. The van der Waals surface area contributed by atoms with Crippen molar-refractivity contribution in [1.82, 2.24) is 5.32 Å². The Hall–Kier alpha value is -3.03. The molecule has 0 bridgehead atoms. The van der Waals surface area contributed by atoms with E-state index in [0.29, 0.717) is 29.2 Å². The minimum Gasteiger partial charge on any atom is -0.508 e. The largest absolute Gasteiger partial charge is 0.508 e. The Morgan fingerprint density at radius 2 is 1.76 bits per heavy atom. The first kappa shape index (κ1) is 23.1. The molecule has 0 aromatic heterocycles. The molecule has 0 saturated carbocycles. The second-order valence-corrected chi connectivity index (χ2v) is 8.12. The van der Waals surface area contributed by atoms with Crippen LogP contribution in [-0.4, -0.2) is 17.4 Å². The van der Waals surface area contributed by atoms with Crippen LogP contribution in [0.4, 0.5) is 13.2 Å². The van der Waals surface area contributed by atoms with E-state index in [0.717, 1.165) is 29.2 Å². The van der Waals surface area contributed by atoms with Crippen LogP contribution in [0.25, 0.3) is 0 Å².